The molecule has 0 aromatic carbocycles. The van der Waals surface area contributed by atoms with Crippen LogP contribution in [0.25, 0.3) is 0 Å². The van der Waals surface area contributed by atoms with Gasteiger partial charge in [0, 0.05) is 19.5 Å². The van der Waals surface area contributed by atoms with Crippen LogP contribution in [0, 0.1) is 5.92 Å². The van der Waals surface area contributed by atoms with E-state index in [1.165, 1.54) is 4.57 Å². The molecule has 22 heavy (non-hydrogen) atoms. The molecule has 2 aliphatic carbocycles. The van der Waals surface area contributed by atoms with Gasteiger partial charge in [0.05, 0.1) is 4.75 Å². The first-order valence-corrected chi connectivity index (χ1v) is 9.43. The molecule has 0 amide bonds. The van der Waals surface area contributed by atoms with Crippen LogP contribution in [0.4, 0.5) is 0 Å². The highest BCUT2D eigenvalue weighted by Crippen LogP contribution is 2.43. The summed E-state index contributed by atoms with van der Waals surface area (Å²) in [5, 5.41) is 6.49. The van der Waals surface area contributed by atoms with Gasteiger partial charge in [0.2, 0.25) is 10.0 Å². The Kier molecular flexibility index (Phi) is 3.92. The number of H-pyrrole nitrogens is 1. The zero-order chi connectivity index (χ0) is 16.0. The van der Waals surface area contributed by atoms with Crippen LogP contribution < -0.4 is 10.4 Å². The van der Waals surface area contributed by atoms with Crippen molar-refractivity contribution in [2.75, 3.05) is 0 Å². The number of hydrogen-bond donors (Lipinski definition) is 2. The van der Waals surface area contributed by atoms with Crippen LogP contribution >= 0.6 is 0 Å². The van der Waals surface area contributed by atoms with Crippen molar-refractivity contribution in [3.63, 3.8) is 0 Å². The lowest BCUT2D eigenvalue weighted by Gasteiger charge is -2.32. The van der Waals surface area contributed by atoms with Gasteiger partial charge >= 0.3 is 5.69 Å². The number of nitrogens with zero attached hydrogens (tertiary/aromatic N) is 2. The molecule has 1 heterocycles. The topological polar surface area (TPSA) is 96.8 Å². The Morgan fingerprint density at radius 3 is 2.64 bits per heavy atom. The molecule has 2 fully saturated rings. The minimum absolute atomic E-state index is 0.0528. The van der Waals surface area contributed by atoms with Gasteiger partial charge in [-0.1, -0.05) is 12.8 Å². The molecule has 2 aliphatic rings. The predicted molar refractivity (Wildman–Crippen MR) is 83.0 cm³/mol. The lowest BCUT2D eigenvalue weighted by atomic mass is 9.83. The maximum Gasteiger partial charge on any atom is 0.343 e. The van der Waals surface area contributed by atoms with Crippen molar-refractivity contribution in [3.8, 4) is 0 Å². The van der Waals surface area contributed by atoms with Crippen molar-refractivity contribution >= 4 is 10.0 Å². The second-order valence-corrected chi connectivity index (χ2v) is 9.16. The van der Waals surface area contributed by atoms with Crippen molar-refractivity contribution in [2.45, 2.75) is 62.7 Å². The summed E-state index contributed by atoms with van der Waals surface area (Å²) < 4.78 is 28.8. The number of aromatic nitrogens is 3. The molecule has 2 atom stereocenters. The average Bonchev–Trinajstić information content (AvgIpc) is 3.16. The molecule has 1 aromatic heterocycles. The van der Waals surface area contributed by atoms with E-state index in [-0.39, 0.29) is 17.6 Å². The smallest absolute Gasteiger partial charge is 0.282 e. The summed E-state index contributed by atoms with van der Waals surface area (Å²) in [7, 11) is -1.57. The average molecular weight is 328 g/mol. The van der Waals surface area contributed by atoms with E-state index in [2.05, 4.69) is 14.9 Å². The van der Waals surface area contributed by atoms with Gasteiger partial charge in [0.1, 0.15) is 5.82 Å². The summed E-state index contributed by atoms with van der Waals surface area (Å²) in [6.45, 7) is 1.81. The molecule has 7 nitrogen and oxygen atoms in total. The molecule has 0 bridgehead atoms. The first-order chi connectivity index (χ1) is 10.3. The summed E-state index contributed by atoms with van der Waals surface area (Å²) in [4.78, 5) is 11.5. The van der Waals surface area contributed by atoms with Crippen molar-refractivity contribution in [3.05, 3.63) is 16.3 Å². The van der Waals surface area contributed by atoms with Crippen LogP contribution in [-0.2, 0) is 23.5 Å². The largest absolute Gasteiger partial charge is 0.343 e. The van der Waals surface area contributed by atoms with Crippen molar-refractivity contribution < 1.29 is 8.42 Å². The zero-order valence-corrected chi connectivity index (χ0v) is 13.9. The number of rotatable bonds is 5. The fourth-order valence-electron chi connectivity index (χ4n) is 3.19. The number of hydrogen-bond acceptors (Lipinski definition) is 4. The molecule has 2 saturated carbocycles. The number of nitrogens with one attached hydrogen (secondary N) is 2. The Bertz CT molecular complexity index is 702. The van der Waals surface area contributed by atoms with E-state index in [4.69, 9.17) is 0 Å². The van der Waals surface area contributed by atoms with Crippen LogP contribution in [-0.4, -0.2) is 34.0 Å². The van der Waals surface area contributed by atoms with E-state index in [1.807, 2.05) is 6.92 Å². The van der Waals surface area contributed by atoms with E-state index in [1.54, 1.807) is 7.05 Å². The normalized spacial score (nSPS) is 27.7. The standard InChI is InChI=1S/C14H24N4O3S/c1-14(7-8-14)22(20,21)17-11-6-4-3-5-10(11)9-12-15-16-13(19)18(12)2/h10-11,17H,3-9H2,1-2H3,(H,16,19)/t10-,11-/m1/s1. The molecule has 0 saturated heterocycles. The van der Waals surface area contributed by atoms with Gasteiger partial charge < -0.3 is 0 Å². The molecule has 0 spiro atoms. The molecular weight excluding hydrogens is 304 g/mol. The van der Waals surface area contributed by atoms with E-state index < -0.39 is 14.8 Å². The molecular formula is C14H24N4O3S. The lowest BCUT2D eigenvalue weighted by Crippen LogP contribution is -2.46. The molecule has 0 aliphatic heterocycles. The van der Waals surface area contributed by atoms with E-state index >= 15 is 0 Å². The fraction of sp³-hybridized carbons (Fsp3) is 0.857. The third-order valence-electron chi connectivity index (χ3n) is 5.24. The van der Waals surface area contributed by atoms with Gasteiger partial charge in [0.15, 0.2) is 0 Å². The van der Waals surface area contributed by atoms with E-state index in [9.17, 15) is 13.2 Å². The highest BCUT2D eigenvalue weighted by molar-refractivity contribution is 7.91. The number of aromatic amines is 1. The van der Waals surface area contributed by atoms with Crippen molar-refractivity contribution in [1.82, 2.24) is 19.5 Å². The van der Waals surface area contributed by atoms with Gasteiger partial charge in [0.25, 0.3) is 0 Å². The van der Waals surface area contributed by atoms with Crippen LogP contribution in [0.5, 0.6) is 0 Å². The molecule has 3 rings (SSSR count). The summed E-state index contributed by atoms with van der Waals surface area (Å²) in [6.07, 6.45) is 6.07. The van der Waals surface area contributed by atoms with Crippen molar-refractivity contribution in [1.29, 1.82) is 0 Å². The van der Waals surface area contributed by atoms with Gasteiger partial charge in [-0.25, -0.2) is 23.0 Å². The van der Waals surface area contributed by atoms with Crippen LogP contribution in [0.1, 0.15) is 51.3 Å². The zero-order valence-electron chi connectivity index (χ0n) is 13.1. The van der Waals surface area contributed by atoms with Crippen LogP contribution in [0.3, 0.4) is 0 Å². The van der Waals surface area contributed by atoms with Crippen LogP contribution in [0.2, 0.25) is 0 Å². The Morgan fingerprint density at radius 1 is 1.36 bits per heavy atom. The maximum absolute atomic E-state index is 12.5. The summed E-state index contributed by atoms with van der Waals surface area (Å²) in [5.41, 5.74) is -0.228. The van der Waals surface area contributed by atoms with E-state index in [0.717, 1.165) is 38.5 Å². The molecule has 8 heteroatoms. The monoisotopic (exact) mass is 328 g/mol. The van der Waals surface area contributed by atoms with Gasteiger partial charge in [-0.3, -0.25) is 4.57 Å². The second kappa shape index (κ2) is 5.49. The third kappa shape index (κ3) is 2.86. The summed E-state index contributed by atoms with van der Waals surface area (Å²) >= 11 is 0. The van der Waals surface area contributed by atoms with Gasteiger partial charge in [-0.2, -0.15) is 5.10 Å². The maximum atomic E-state index is 12.5. The fourth-order valence-corrected chi connectivity index (χ4v) is 4.82. The Balaban J connectivity index is 1.74. The Labute approximate surface area is 130 Å². The van der Waals surface area contributed by atoms with Crippen molar-refractivity contribution in [2.24, 2.45) is 13.0 Å². The highest BCUT2D eigenvalue weighted by Gasteiger charge is 2.51. The first kappa shape index (κ1) is 15.7. The molecule has 0 unspecified atom stereocenters. The predicted octanol–water partition coefficient (Wildman–Crippen LogP) is 0.682. The number of sulfonamides is 1. The Morgan fingerprint density at radius 2 is 2.05 bits per heavy atom. The quantitative estimate of drug-likeness (QED) is 0.831. The Hall–Kier alpha value is -1.15. The third-order valence-corrected chi connectivity index (χ3v) is 7.55. The molecule has 124 valence electrons. The van der Waals surface area contributed by atoms with Crippen LogP contribution in [0.15, 0.2) is 4.79 Å². The lowest BCUT2D eigenvalue weighted by molar-refractivity contribution is 0.281. The summed E-state index contributed by atoms with van der Waals surface area (Å²) in [5.74, 6) is 0.888. The minimum Gasteiger partial charge on any atom is -0.282 e. The summed E-state index contributed by atoms with van der Waals surface area (Å²) in [6, 6.07) is -0.0528. The molecule has 0 radical (unpaired) electrons. The van der Waals surface area contributed by atoms with E-state index in [0.29, 0.717) is 12.2 Å². The van der Waals surface area contributed by atoms with Gasteiger partial charge in [-0.05, 0) is 38.5 Å². The first-order valence-electron chi connectivity index (χ1n) is 7.94. The minimum atomic E-state index is -3.26. The molecule has 2 N–H and O–H groups in total. The SMILES string of the molecule is Cn1c(C[C@H]2CCCC[C@H]2NS(=O)(=O)C2(C)CC2)n[nH]c1=O. The highest BCUT2D eigenvalue weighted by atomic mass is 32.2. The molecule has 1 aromatic rings. The second-order valence-electron chi connectivity index (χ2n) is 6.93. The van der Waals surface area contributed by atoms with Gasteiger partial charge in [-0.15, -0.1) is 0 Å².